The number of carbonyl (C=O) groups excluding carboxylic acids is 2. The fourth-order valence-corrected chi connectivity index (χ4v) is 3.22. The van der Waals surface area contributed by atoms with Crippen molar-refractivity contribution in [2.45, 2.75) is 38.2 Å². The minimum Gasteiger partial charge on any atom is -0.442 e. The van der Waals surface area contributed by atoms with Crippen LogP contribution in [0.15, 0.2) is 60.7 Å². The van der Waals surface area contributed by atoms with E-state index in [1.807, 2.05) is 48.5 Å². The molecule has 1 unspecified atom stereocenters. The third-order valence-electron chi connectivity index (χ3n) is 5.00. The maximum absolute atomic E-state index is 12.2. The zero-order valence-corrected chi connectivity index (χ0v) is 15.9. The first-order chi connectivity index (χ1) is 13.0. The molecule has 3 rings (SSSR count). The van der Waals surface area contributed by atoms with Crippen LogP contribution in [-0.2, 0) is 14.9 Å². The minimum atomic E-state index is -0.370. The number of benzene rings is 2. The molecule has 2 aromatic rings. The molecule has 1 saturated heterocycles. The third-order valence-corrected chi connectivity index (χ3v) is 5.00. The van der Waals surface area contributed by atoms with Crippen molar-refractivity contribution in [3.63, 3.8) is 0 Å². The van der Waals surface area contributed by atoms with Crippen LogP contribution in [0, 0.1) is 0 Å². The zero-order chi connectivity index (χ0) is 19.3. The van der Waals surface area contributed by atoms with Crippen LogP contribution in [0.4, 0.5) is 10.5 Å². The second kappa shape index (κ2) is 8.25. The van der Waals surface area contributed by atoms with Crippen molar-refractivity contribution in [2.24, 2.45) is 0 Å². The maximum Gasteiger partial charge on any atom is 0.414 e. The molecule has 1 aliphatic heterocycles. The van der Waals surface area contributed by atoms with E-state index < -0.39 is 0 Å². The van der Waals surface area contributed by atoms with Crippen LogP contribution in [0.3, 0.4) is 0 Å². The highest BCUT2D eigenvalue weighted by Gasteiger charge is 2.32. The third kappa shape index (κ3) is 4.88. The summed E-state index contributed by atoms with van der Waals surface area (Å²) in [5.41, 5.74) is 1.96. The number of amides is 2. The molecular weight excluding hydrogens is 340 g/mol. The largest absolute Gasteiger partial charge is 0.442 e. The van der Waals surface area contributed by atoms with Crippen molar-refractivity contribution < 1.29 is 14.3 Å². The summed E-state index contributed by atoms with van der Waals surface area (Å²) in [7, 11) is 0. The van der Waals surface area contributed by atoms with Gasteiger partial charge in [0.25, 0.3) is 0 Å². The fraction of sp³-hybridized carbons (Fsp3) is 0.364. The monoisotopic (exact) mass is 366 g/mol. The minimum absolute atomic E-state index is 0.0202. The lowest BCUT2D eigenvalue weighted by Crippen LogP contribution is -2.35. The molecule has 142 valence electrons. The van der Waals surface area contributed by atoms with Crippen LogP contribution in [-0.4, -0.2) is 31.2 Å². The lowest BCUT2D eigenvalue weighted by molar-refractivity contribution is -0.121. The molecule has 1 N–H and O–H groups in total. The molecule has 0 aromatic heterocycles. The Hall–Kier alpha value is -2.82. The summed E-state index contributed by atoms with van der Waals surface area (Å²) in [5, 5.41) is 2.90. The molecule has 1 fully saturated rings. The van der Waals surface area contributed by atoms with Gasteiger partial charge in [0.2, 0.25) is 5.91 Å². The molecule has 2 aromatic carbocycles. The first-order valence-corrected chi connectivity index (χ1v) is 9.31. The summed E-state index contributed by atoms with van der Waals surface area (Å²) in [6, 6.07) is 19.6. The van der Waals surface area contributed by atoms with Gasteiger partial charge in [0.15, 0.2) is 0 Å². The van der Waals surface area contributed by atoms with Gasteiger partial charge in [0.05, 0.1) is 13.1 Å². The van der Waals surface area contributed by atoms with Crippen molar-refractivity contribution in [1.29, 1.82) is 0 Å². The Morgan fingerprint density at radius 1 is 1.11 bits per heavy atom. The number of rotatable bonds is 7. The average molecular weight is 366 g/mol. The molecule has 2 amide bonds. The second-order valence-corrected chi connectivity index (χ2v) is 7.51. The number of anilines is 1. The van der Waals surface area contributed by atoms with Crippen LogP contribution in [0.5, 0.6) is 0 Å². The smallest absolute Gasteiger partial charge is 0.414 e. The highest BCUT2D eigenvalue weighted by molar-refractivity contribution is 5.89. The Balaban J connectivity index is 1.45. The van der Waals surface area contributed by atoms with Gasteiger partial charge < -0.3 is 10.1 Å². The van der Waals surface area contributed by atoms with E-state index in [0.717, 1.165) is 12.1 Å². The van der Waals surface area contributed by atoms with Crippen LogP contribution in [0.25, 0.3) is 0 Å². The number of carbonyl (C=O) groups is 2. The number of para-hydroxylation sites is 1. The van der Waals surface area contributed by atoms with Crippen molar-refractivity contribution in [3.05, 3.63) is 66.2 Å². The fourth-order valence-electron chi connectivity index (χ4n) is 3.22. The summed E-state index contributed by atoms with van der Waals surface area (Å²) in [6.45, 7) is 5.07. The van der Waals surface area contributed by atoms with Crippen molar-refractivity contribution in [2.75, 3.05) is 18.0 Å². The predicted molar refractivity (Wildman–Crippen MR) is 106 cm³/mol. The molecule has 0 radical (unpaired) electrons. The van der Waals surface area contributed by atoms with Crippen molar-refractivity contribution in [1.82, 2.24) is 5.32 Å². The Bertz CT molecular complexity index is 775. The molecule has 1 aliphatic rings. The lowest BCUT2D eigenvalue weighted by Gasteiger charge is -2.25. The van der Waals surface area contributed by atoms with Crippen LogP contribution in [0.1, 0.15) is 32.3 Å². The number of hydrogen-bond acceptors (Lipinski definition) is 3. The first-order valence-electron chi connectivity index (χ1n) is 9.31. The zero-order valence-electron chi connectivity index (χ0n) is 15.9. The first kappa shape index (κ1) is 19.0. The molecule has 0 spiro atoms. The van der Waals surface area contributed by atoms with Crippen LogP contribution >= 0.6 is 0 Å². The van der Waals surface area contributed by atoms with Crippen molar-refractivity contribution >= 4 is 17.7 Å². The van der Waals surface area contributed by atoms with Crippen molar-refractivity contribution in [3.8, 4) is 0 Å². The maximum atomic E-state index is 12.2. The molecular formula is C22H26N2O3. The number of nitrogens with one attached hydrogen (secondary N) is 1. The molecule has 5 nitrogen and oxygen atoms in total. The summed E-state index contributed by atoms with van der Waals surface area (Å²) in [4.78, 5) is 25.9. The van der Waals surface area contributed by atoms with E-state index in [2.05, 4.69) is 31.3 Å². The number of ether oxygens (including phenoxy) is 1. The SMILES string of the molecule is CC(C)(CCC(=O)NCC1CN(c2ccccc2)C(=O)O1)c1ccccc1. The molecule has 5 heteroatoms. The summed E-state index contributed by atoms with van der Waals surface area (Å²) in [5.74, 6) is -0.0202. The van der Waals surface area contributed by atoms with Gasteiger partial charge in [-0.1, -0.05) is 62.4 Å². The Labute approximate surface area is 160 Å². The van der Waals surface area contributed by atoms with Crippen LogP contribution < -0.4 is 10.2 Å². The highest BCUT2D eigenvalue weighted by Crippen LogP contribution is 2.28. The van der Waals surface area contributed by atoms with Gasteiger partial charge in [-0.15, -0.1) is 0 Å². The lowest BCUT2D eigenvalue weighted by atomic mass is 9.80. The standard InChI is InChI=1S/C22H26N2O3/c1-22(2,17-9-5-3-6-10-17)14-13-20(25)23-15-19-16-24(21(26)27-19)18-11-7-4-8-12-18/h3-12,19H,13-16H2,1-2H3,(H,23,25). The summed E-state index contributed by atoms with van der Waals surface area (Å²) < 4.78 is 5.37. The molecule has 27 heavy (non-hydrogen) atoms. The summed E-state index contributed by atoms with van der Waals surface area (Å²) >= 11 is 0. The van der Waals surface area contributed by atoms with Gasteiger partial charge in [-0.05, 0) is 29.5 Å². The van der Waals surface area contributed by atoms with E-state index in [0.29, 0.717) is 19.5 Å². The van der Waals surface area contributed by atoms with E-state index in [9.17, 15) is 9.59 Å². The van der Waals surface area contributed by atoms with Gasteiger partial charge >= 0.3 is 6.09 Å². The molecule has 0 aliphatic carbocycles. The Kier molecular flexibility index (Phi) is 5.79. The van der Waals surface area contributed by atoms with Gasteiger partial charge in [-0.3, -0.25) is 9.69 Å². The molecule has 0 bridgehead atoms. The van der Waals surface area contributed by atoms with E-state index in [1.165, 1.54) is 5.56 Å². The average Bonchev–Trinajstić information content (AvgIpc) is 3.07. The number of cyclic esters (lactones) is 1. The van der Waals surface area contributed by atoms with Crippen LogP contribution in [0.2, 0.25) is 0 Å². The Morgan fingerprint density at radius 2 is 1.74 bits per heavy atom. The molecule has 0 saturated carbocycles. The van der Waals surface area contributed by atoms with E-state index in [4.69, 9.17) is 4.74 Å². The molecule has 1 heterocycles. The quantitative estimate of drug-likeness (QED) is 0.809. The predicted octanol–water partition coefficient (Wildman–Crippen LogP) is 3.89. The topological polar surface area (TPSA) is 58.6 Å². The van der Waals surface area contributed by atoms with E-state index in [1.54, 1.807) is 4.90 Å². The van der Waals surface area contributed by atoms with Gasteiger partial charge in [0, 0.05) is 12.1 Å². The highest BCUT2D eigenvalue weighted by atomic mass is 16.6. The number of hydrogen-bond donors (Lipinski definition) is 1. The second-order valence-electron chi connectivity index (χ2n) is 7.51. The Morgan fingerprint density at radius 3 is 2.41 bits per heavy atom. The molecule has 1 atom stereocenters. The van der Waals surface area contributed by atoms with Gasteiger partial charge in [-0.25, -0.2) is 4.79 Å². The van der Waals surface area contributed by atoms with E-state index in [-0.39, 0.29) is 23.5 Å². The van der Waals surface area contributed by atoms with Gasteiger partial charge in [-0.2, -0.15) is 0 Å². The number of nitrogens with zero attached hydrogens (tertiary/aromatic N) is 1. The summed E-state index contributed by atoms with van der Waals surface area (Å²) in [6.07, 6.45) is 0.489. The van der Waals surface area contributed by atoms with E-state index >= 15 is 0 Å². The normalized spacial score (nSPS) is 16.9. The van der Waals surface area contributed by atoms with Gasteiger partial charge in [0.1, 0.15) is 6.10 Å².